The Morgan fingerprint density at radius 3 is 2.75 bits per heavy atom. The second-order valence-electron chi connectivity index (χ2n) is 4.52. The predicted molar refractivity (Wildman–Crippen MR) is 76.5 cm³/mol. The van der Waals surface area contributed by atoms with E-state index < -0.39 is 5.91 Å². The van der Waals surface area contributed by atoms with Gasteiger partial charge in [-0.1, -0.05) is 12.1 Å². The number of hydrogen-bond donors (Lipinski definition) is 4. The smallest absolute Gasteiger partial charge is 0.255 e. The molecule has 5 nitrogen and oxygen atoms in total. The Bertz CT molecular complexity index is 654. The minimum atomic E-state index is -0.458. The first-order valence-electron chi connectivity index (χ1n) is 6.13. The Kier molecular flexibility index (Phi) is 3.79. The molecule has 0 aliphatic heterocycles. The zero-order valence-corrected chi connectivity index (χ0v) is 11.1. The van der Waals surface area contributed by atoms with Crippen molar-refractivity contribution < 1.29 is 15.0 Å². The molecule has 0 bridgehead atoms. The predicted octanol–water partition coefficient (Wildman–Crippen LogP) is 1.92. The standard InChI is InChI=1S/C15H16N2O3/c1-9-10(3-2-4-13(9)16)8-17-15(20)12-7-11(18)5-6-14(12)19/h2-7,18-19H,8,16H2,1H3,(H,17,20). The average molecular weight is 272 g/mol. The number of aromatic hydroxyl groups is 2. The molecular weight excluding hydrogens is 256 g/mol. The van der Waals surface area contributed by atoms with Crippen LogP contribution in [0.25, 0.3) is 0 Å². The van der Waals surface area contributed by atoms with Crippen LogP contribution in [-0.4, -0.2) is 16.1 Å². The highest BCUT2D eigenvalue weighted by molar-refractivity contribution is 5.97. The molecule has 0 saturated carbocycles. The molecule has 0 saturated heterocycles. The molecule has 2 rings (SSSR count). The number of nitrogens with one attached hydrogen (secondary N) is 1. The van der Waals surface area contributed by atoms with Gasteiger partial charge >= 0.3 is 0 Å². The number of benzene rings is 2. The lowest BCUT2D eigenvalue weighted by Gasteiger charge is -2.10. The van der Waals surface area contributed by atoms with Crippen molar-refractivity contribution in [2.45, 2.75) is 13.5 Å². The van der Waals surface area contributed by atoms with Gasteiger partial charge in [-0.05, 0) is 42.3 Å². The topological polar surface area (TPSA) is 95.6 Å². The van der Waals surface area contributed by atoms with E-state index in [9.17, 15) is 15.0 Å². The summed E-state index contributed by atoms with van der Waals surface area (Å²) >= 11 is 0. The molecule has 0 radical (unpaired) electrons. The second kappa shape index (κ2) is 5.52. The van der Waals surface area contributed by atoms with Gasteiger partial charge in [-0.3, -0.25) is 4.79 Å². The lowest BCUT2D eigenvalue weighted by Crippen LogP contribution is -2.23. The molecule has 0 unspecified atom stereocenters. The van der Waals surface area contributed by atoms with Gasteiger partial charge in [0.25, 0.3) is 5.91 Å². The van der Waals surface area contributed by atoms with Gasteiger partial charge in [-0.15, -0.1) is 0 Å². The Balaban J connectivity index is 2.13. The molecule has 0 spiro atoms. The fraction of sp³-hybridized carbons (Fsp3) is 0.133. The van der Waals surface area contributed by atoms with Crippen LogP contribution < -0.4 is 11.1 Å². The SMILES string of the molecule is Cc1c(N)cccc1CNC(=O)c1cc(O)ccc1O. The fourth-order valence-electron chi connectivity index (χ4n) is 1.87. The molecule has 2 aromatic rings. The average Bonchev–Trinajstić information content (AvgIpc) is 2.43. The molecule has 0 fully saturated rings. The summed E-state index contributed by atoms with van der Waals surface area (Å²) in [6, 6.07) is 9.28. The molecule has 2 aromatic carbocycles. The van der Waals surface area contributed by atoms with Crippen molar-refractivity contribution in [2.75, 3.05) is 5.73 Å². The Labute approximate surface area is 116 Å². The lowest BCUT2D eigenvalue weighted by molar-refractivity contribution is 0.0948. The van der Waals surface area contributed by atoms with Crippen LogP contribution in [0.15, 0.2) is 36.4 Å². The number of carbonyl (C=O) groups is 1. The van der Waals surface area contributed by atoms with Gasteiger partial charge in [0, 0.05) is 12.2 Å². The third-order valence-electron chi connectivity index (χ3n) is 3.15. The molecule has 5 N–H and O–H groups in total. The maximum Gasteiger partial charge on any atom is 0.255 e. The lowest BCUT2D eigenvalue weighted by atomic mass is 10.1. The number of amides is 1. The summed E-state index contributed by atoms with van der Waals surface area (Å²) in [5, 5.41) is 21.6. The van der Waals surface area contributed by atoms with Crippen molar-refractivity contribution in [3.05, 3.63) is 53.1 Å². The van der Waals surface area contributed by atoms with E-state index in [2.05, 4.69) is 5.32 Å². The third-order valence-corrected chi connectivity index (χ3v) is 3.15. The highest BCUT2D eigenvalue weighted by Crippen LogP contribution is 2.22. The van der Waals surface area contributed by atoms with Crippen LogP contribution in [0, 0.1) is 6.92 Å². The van der Waals surface area contributed by atoms with Crippen LogP contribution >= 0.6 is 0 Å². The maximum absolute atomic E-state index is 12.0. The Hall–Kier alpha value is -2.69. The summed E-state index contributed by atoms with van der Waals surface area (Å²) in [6.45, 7) is 2.17. The minimum absolute atomic E-state index is 0.0338. The molecule has 20 heavy (non-hydrogen) atoms. The highest BCUT2D eigenvalue weighted by atomic mass is 16.3. The van der Waals surface area contributed by atoms with Gasteiger partial charge < -0.3 is 21.3 Å². The number of hydrogen-bond acceptors (Lipinski definition) is 4. The van der Waals surface area contributed by atoms with Crippen molar-refractivity contribution in [3.63, 3.8) is 0 Å². The zero-order valence-electron chi connectivity index (χ0n) is 11.1. The maximum atomic E-state index is 12.0. The normalized spacial score (nSPS) is 10.2. The van der Waals surface area contributed by atoms with E-state index in [0.717, 1.165) is 11.1 Å². The molecule has 5 heteroatoms. The zero-order chi connectivity index (χ0) is 14.7. The van der Waals surface area contributed by atoms with Crippen LogP contribution in [0.5, 0.6) is 11.5 Å². The number of rotatable bonds is 3. The van der Waals surface area contributed by atoms with E-state index >= 15 is 0 Å². The van der Waals surface area contributed by atoms with Crippen molar-refractivity contribution in [3.8, 4) is 11.5 Å². The molecule has 0 aliphatic rings. The van der Waals surface area contributed by atoms with Gasteiger partial charge in [-0.25, -0.2) is 0 Å². The van der Waals surface area contributed by atoms with Gasteiger partial charge in [0.1, 0.15) is 11.5 Å². The summed E-state index contributed by atoms with van der Waals surface area (Å²) in [5.41, 5.74) is 8.31. The van der Waals surface area contributed by atoms with E-state index in [1.807, 2.05) is 19.1 Å². The fourth-order valence-corrected chi connectivity index (χ4v) is 1.87. The van der Waals surface area contributed by atoms with E-state index in [-0.39, 0.29) is 17.1 Å². The number of phenolic OH excluding ortho intramolecular Hbond substituents is 2. The van der Waals surface area contributed by atoms with Crippen molar-refractivity contribution in [1.82, 2.24) is 5.32 Å². The number of anilines is 1. The van der Waals surface area contributed by atoms with E-state index in [4.69, 9.17) is 5.73 Å². The van der Waals surface area contributed by atoms with E-state index in [1.165, 1.54) is 18.2 Å². The molecule has 0 atom stereocenters. The number of nitrogens with two attached hydrogens (primary N) is 1. The number of nitrogen functional groups attached to an aromatic ring is 1. The minimum Gasteiger partial charge on any atom is -0.508 e. The summed E-state index contributed by atoms with van der Waals surface area (Å²) in [5.74, 6) is -0.710. The van der Waals surface area contributed by atoms with E-state index in [1.54, 1.807) is 6.07 Å². The largest absolute Gasteiger partial charge is 0.508 e. The van der Waals surface area contributed by atoms with Crippen LogP contribution in [-0.2, 0) is 6.54 Å². The van der Waals surface area contributed by atoms with Gasteiger partial charge in [-0.2, -0.15) is 0 Å². The summed E-state index contributed by atoms with van der Waals surface area (Å²) in [6.07, 6.45) is 0. The van der Waals surface area contributed by atoms with Crippen molar-refractivity contribution in [1.29, 1.82) is 0 Å². The second-order valence-corrected chi connectivity index (χ2v) is 4.52. The van der Waals surface area contributed by atoms with Crippen molar-refractivity contribution >= 4 is 11.6 Å². The van der Waals surface area contributed by atoms with Crippen LogP contribution in [0.2, 0.25) is 0 Å². The third kappa shape index (κ3) is 2.83. The van der Waals surface area contributed by atoms with Crippen LogP contribution in [0.4, 0.5) is 5.69 Å². The number of carbonyl (C=O) groups excluding carboxylic acids is 1. The van der Waals surface area contributed by atoms with Gasteiger partial charge in [0.2, 0.25) is 0 Å². The summed E-state index contributed by atoms with van der Waals surface area (Å²) in [7, 11) is 0. The first kappa shape index (κ1) is 13.7. The Morgan fingerprint density at radius 2 is 2.00 bits per heavy atom. The molecule has 0 aromatic heterocycles. The molecular formula is C15H16N2O3. The molecule has 0 heterocycles. The van der Waals surface area contributed by atoms with Crippen LogP contribution in [0.3, 0.4) is 0 Å². The summed E-state index contributed by atoms with van der Waals surface area (Å²) < 4.78 is 0. The first-order valence-corrected chi connectivity index (χ1v) is 6.13. The number of phenols is 2. The van der Waals surface area contributed by atoms with Crippen molar-refractivity contribution in [2.24, 2.45) is 0 Å². The quantitative estimate of drug-likeness (QED) is 0.507. The van der Waals surface area contributed by atoms with Crippen LogP contribution in [0.1, 0.15) is 21.5 Å². The monoisotopic (exact) mass is 272 g/mol. The molecule has 104 valence electrons. The molecule has 1 amide bonds. The van der Waals surface area contributed by atoms with E-state index in [0.29, 0.717) is 12.2 Å². The van der Waals surface area contributed by atoms with Gasteiger partial charge in [0.15, 0.2) is 0 Å². The molecule has 0 aliphatic carbocycles. The highest BCUT2D eigenvalue weighted by Gasteiger charge is 2.12. The Morgan fingerprint density at radius 1 is 1.25 bits per heavy atom. The summed E-state index contributed by atoms with van der Waals surface area (Å²) in [4.78, 5) is 12.0. The first-order chi connectivity index (χ1) is 9.49. The van der Waals surface area contributed by atoms with Gasteiger partial charge in [0.05, 0.1) is 5.56 Å².